The van der Waals surface area contributed by atoms with E-state index in [1.165, 1.54) is 88.0 Å². The van der Waals surface area contributed by atoms with E-state index in [2.05, 4.69) is 200 Å². The fourth-order valence-electron chi connectivity index (χ4n) is 10.6. The van der Waals surface area contributed by atoms with Gasteiger partial charge in [0.2, 0.25) is 0 Å². The van der Waals surface area contributed by atoms with Gasteiger partial charge in [-0.3, -0.25) is 0 Å². The number of benzene rings is 10. The molecule has 11 aromatic rings. The van der Waals surface area contributed by atoms with E-state index in [0.29, 0.717) is 5.82 Å². The molecule has 2 aliphatic carbocycles. The highest BCUT2D eigenvalue weighted by atomic mass is 14.9. The second kappa shape index (κ2) is 13.0. The molecular weight excluding hydrogens is 737 g/mol. The molecule has 10 aromatic carbocycles. The standard InChI is InChI=1S/C59H36N2/c1-2-14-41(15-3-1)58-60-54(36-55(61-58)45-27-24-37-12-4-5-16-42(37)35-45)40-25-22-38(23-26-40)43-29-31-47-44(34-43)30-33-51-50-32-28-39-13-6-7-17-46(39)56(50)59(57(47)51)52-20-10-8-18-48(52)49-19-9-11-21-53(49)59/h1-36H. The van der Waals surface area contributed by atoms with Crippen LogP contribution in [0.2, 0.25) is 0 Å². The Labute approximate surface area is 354 Å². The Balaban J connectivity index is 0.946. The Bertz CT molecular complexity index is 3540. The minimum Gasteiger partial charge on any atom is -0.228 e. The molecule has 0 atom stereocenters. The van der Waals surface area contributed by atoms with Gasteiger partial charge in [-0.1, -0.05) is 200 Å². The molecule has 2 aliphatic rings. The Morgan fingerprint density at radius 1 is 0.279 bits per heavy atom. The zero-order valence-corrected chi connectivity index (χ0v) is 33.2. The second-order valence-corrected chi connectivity index (χ2v) is 16.4. The van der Waals surface area contributed by atoms with Crippen LogP contribution in [0.25, 0.3) is 99.6 Å². The molecule has 2 heteroatoms. The van der Waals surface area contributed by atoms with E-state index >= 15 is 0 Å². The summed E-state index contributed by atoms with van der Waals surface area (Å²) in [6.45, 7) is 0. The minimum atomic E-state index is -0.441. The Morgan fingerprint density at radius 3 is 1.52 bits per heavy atom. The van der Waals surface area contributed by atoms with Gasteiger partial charge in [-0.25, -0.2) is 9.97 Å². The molecule has 0 unspecified atom stereocenters. The smallest absolute Gasteiger partial charge is 0.160 e. The Kier molecular flexibility index (Phi) is 7.26. The number of aromatic nitrogens is 2. The largest absolute Gasteiger partial charge is 0.228 e. The SMILES string of the molecule is c1ccc(-c2nc(-c3ccc(-c4ccc5c6c(ccc5c4)-c4ccc5ccccc5c4C64c5ccccc5-c5ccccc54)cc3)cc(-c3ccc4ccccc4c3)n2)cc1. The van der Waals surface area contributed by atoms with Crippen LogP contribution in [0.5, 0.6) is 0 Å². The van der Waals surface area contributed by atoms with Crippen molar-refractivity contribution in [2.45, 2.75) is 5.41 Å². The molecule has 282 valence electrons. The van der Waals surface area contributed by atoms with Crippen LogP contribution in [0.1, 0.15) is 22.3 Å². The van der Waals surface area contributed by atoms with Gasteiger partial charge in [0.15, 0.2) is 5.82 Å². The number of nitrogens with zero attached hydrogens (tertiary/aromatic N) is 2. The van der Waals surface area contributed by atoms with Gasteiger partial charge in [0.1, 0.15) is 0 Å². The van der Waals surface area contributed by atoms with Crippen LogP contribution in [-0.2, 0) is 5.41 Å². The van der Waals surface area contributed by atoms with Crippen molar-refractivity contribution in [1.29, 1.82) is 0 Å². The quantitative estimate of drug-likeness (QED) is 0.178. The fraction of sp³-hybridized carbons (Fsp3) is 0.0169. The molecular formula is C59H36N2. The molecule has 61 heavy (non-hydrogen) atoms. The summed E-state index contributed by atoms with van der Waals surface area (Å²) in [7, 11) is 0. The third-order valence-corrected chi connectivity index (χ3v) is 13.3. The summed E-state index contributed by atoms with van der Waals surface area (Å²) in [4.78, 5) is 10.2. The molecule has 0 bridgehead atoms. The highest BCUT2D eigenvalue weighted by molar-refractivity contribution is 6.09. The highest BCUT2D eigenvalue weighted by Gasteiger charge is 2.53. The van der Waals surface area contributed by atoms with Crippen LogP contribution >= 0.6 is 0 Å². The van der Waals surface area contributed by atoms with Crippen LogP contribution in [-0.4, -0.2) is 9.97 Å². The first kappa shape index (κ1) is 34.0. The van der Waals surface area contributed by atoms with E-state index in [4.69, 9.17) is 9.97 Å². The lowest BCUT2D eigenvalue weighted by atomic mass is 9.68. The predicted octanol–water partition coefficient (Wildman–Crippen LogP) is 14.9. The van der Waals surface area contributed by atoms with Crippen molar-refractivity contribution in [2.24, 2.45) is 0 Å². The van der Waals surface area contributed by atoms with E-state index in [9.17, 15) is 0 Å². The number of hydrogen-bond acceptors (Lipinski definition) is 2. The van der Waals surface area contributed by atoms with Gasteiger partial charge in [0.05, 0.1) is 16.8 Å². The summed E-state index contributed by atoms with van der Waals surface area (Å²) in [5.74, 6) is 0.716. The second-order valence-electron chi connectivity index (χ2n) is 16.4. The van der Waals surface area contributed by atoms with Gasteiger partial charge in [-0.05, 0) is 106 Å². The van der Waals surface area contributed by atoms with Crippen LogP contribution in [0.4, 0.5) is 0 Å². The number of rotatable bonds is 4. The first-order chi connectivity index (χ1) is 30.2. The molecule has 1 spiro atoms. The first-order valence-electron chi connectivity index (χ1n) is 21.1. The van der Waals surface area contributed by atoms with Crippen molar-refractivity contribution < 1.29 is 0 Å². The molecule has 1 heterocycles. The van der Waals surface area contributed by atoms with Crippen LogP contribution in [0, 0.1) is 0 Å². The van der Waals surface area contributed by atoms with Gasteiger partial charge >= 0.3 is 0 Å². The van der Waals surface area contributed by atoms with E-state index in [1.807, 2.05) is 18.2 Å². The summed E-state index contributed by atoms with van der Waals surface area (Å²) in [6.07, 6.45) is 0. The van der Waals surface area contributed by atoms with Gasteiger partial charge in [0, 0.05) is 16.7 Å². The molecule has 0 amide bonds. The van der Waals surface area contributed by atoms with Crippen LogP contribution < -0.4 is 0 Å². The topological polar surface area (TPSA) is 25.8 Å². The van der Waals surface area contributed by atoms with Gasteiger partial charge < -0.3 is 0 Å². The van der Waals surface area contributed by atoms with Gasteiger partial charge in [0.25, 0.3) is 0 Å². The van der Waals surface area contributed by atoms with Crippen molar-refractivity contribution in [3.63, 3.8) is 0 Å². The van der Waals surface area contributed by atoms with Crippen LogP contribution in [0.3, 0.4) is 0 Å². The first-order valence-corrected chi connectivity index (χ1v) is 21.1. The zero-order valence-electron chi connectivity index (χ0n) is 33.2. The Hall–Kier alpha value is -7.94. The molecule has 0 fully saturated rings. The average Bonchev–Trinajstić information content (AvgIpc) is 3.81. The third kappa shape index (κ3) is 4.97. The molecule has 0 N–H and O–H groups in total. The van der Waals surface area contributed by atoms with Crippen LogP contribution in [0.15, 0.2) is 218 Å². The van der Waals surface area contributed by atoms with Gasteiger partial charge in [-0.15, -0.1) is 0 Å². The van der Waals surface area contributed by atoms with Gasteiger partial charge in [-0.2, -0.15) is 0 Å². The zero-order chi connectivity index (χ0) is 40.1. The molecule has 0 saturated carbocycles. The molecule has 1 aromatic heterocycles. The molecule has 0 aliphatic heterocycles. The van der Waals surface area contributed by atoms with Crippen molar-refractivity contribution in [2.75, 3.05) is 0 Å². The summed E-state index contributed by atoms with van der Waals surface area (Å²) in [5, 5.41) is 7.52. The summed E-state index contributed by atoms with van der Waals surface area (Å²) in [5.41, 5.74) is 17.6. The number of hydrogen-bond donors (Lipinski definition) is 0. The third-order valence-electron chi connectivity index (χ3n) is 13.3. The fourth-order valence-corrected chi connectivity index (χ4v) is 10.6. The molecule has 2 nitrogen and oxygen atoms in total. The molecule has 13 rings (SSSR count). The normalized spacial score (nSPS) is 13.0. The monoisotopic (exact) mass is 772 g/mol. The maximum atomic E-state index is 5.13. The van der Waals surface area contributed by atoms with Crippen molar-refractivity contribution in [3.8, 4) is 67.3 Å². The lowest BCUT2D eigenvalue weighted by Gasteiger charge is -2.32. The highest BCUT2D eigenvalue weighted by Crippen LogP contribution is 2.65. The number of fused-ring (bicyclic) bond motifs is 15. The van der Waals surface area contributed by atoms with Crippen molar-refractivity contribution >= 4 is 32.3 Å². The van der Waals surface area contributed by atoms with E-state index in [-0.39, 0.29) is 0 Å². The maximum absolute atomic E-state index is 5.13. The molecule has 0 radical (unpaired) electrons. The molecule has 0 saturated heterocycles. The lowest BCUT2D eigenvalue weighted by molar-refractivity contribution is 0.809. The summed E-state index contributed by atoms with van der Waals surface area (Å²) >= 11 is 0. The minimum absolute atomic E-state index is 0.441. The summed E-state index contributed by atoms with van der Waals surface area (Å²) in [6, 6.07) is 79.8. The van der Waals surface area contributed by atoms with E-state index in [0.717, 1.165) is 28.1 Å². The van der Waals surface area contributed by atoms with E-state index < -0.39 is 5.41 Å². The summed E-state index contributed by atoms with van der Waals surface area (Å²) < 4.78 is 0. The lowest BCUT2D eigenvalue weighted by Crippen LogP contribution is -2.26. The Morgan fingerprint density at radius 2 is 0.787 bits per heavy atom. The van der Waals surface area contributed by atoms with Crippen molar-refractivity contribution in [3.05, 3.63) is 241 Å². The average molecular weight is 773 g/mol. The van der Waals surface area contributed by atoms with E-state index in [1.54, 1.807) is 0 Å². The maximum Gasteiger partial charge on any atom is 0.160 e. The predicted molar refractivity (Wildman–Crippen MR) is 253 cm³/mol. The van der Waals surface area contributed by atoms with Crippen molar-refractivity contribution in [1.82, 2.24) is 9.97 Å².